The molecular weight excluding hydrogens is 243 g/mol. The maximum atomic E-state index is 13.2. The Kier molecular flexibility index (Phi) is 3.95. The topological polar surface area (TPSA) is 26.3 Å². The Morgan fingerprint density at radius 1 is 1.11 bits per heavy atom. The molecule has 0 fully saturated rings. The third-order valence-corrected chi connectivity index (χ3v) is 2.68. The molecule has 0 heterocycles. The highest BCUT2D eigenvalue weighted by Crippen LogP contribution is 2.32. The summed E-state index contributed by atoms with van der Waals surface area (Å²) in [6, 6.07) is 11.6. The first kappa shape index (κ1) is 13.3. The smallest absolute Gasteiger partial charge is 0.150 e. The van der Waals surface area contributed by atoms with Crippen molar-refractivity contribution in [2.45, 2.75) is 20.0 Å². The molecule has 0 unspecified atom stereocenters. The standard InChI is InChI=1S/C16H15FO2/c1-11(2)19-16-6-4-3-5-15(16)14-8-7-13(17)9-12(14)10-18/h3-11H,1-2H3. The zero-order valence-electron chi connectivity index (χ0n) is 10.9. The summed E-state index contributed by atoms with van der Waals surface area (Å²) in [6.07, 6.45) is 0.686. The minimum Gasteiger partial charge on any atom is -0.490 e. The van der Waals surface area contributed by atoms with Crippen molar-refractivity contribution >= 4 is 6.29 Å². The van der Waals surface area contributed by atoms with E-state index in [1.807, 2.05) is 38.1 Å². The van der Waals surface area contributed by atoms with Gasteiger partial charge in [-0.3, -0.25) is 4.79 Å². The second-order valence-electron chi connectivity index (χ2n) is 4.51. The van der Waals surface area contributed by atoms with Gasteiger partial charge in [0.15, 0.2) is 6.29 Å². The molecule has 0 saturated carbocycles. The van der Waals surface area contributed by atoms with Crippen LogP contribution in [0.15, 0.2) is 42.5 Å². The van der Waals surface area contributed by atoms with Crippen molar-refractivity contribution in [3.05, 3.63) is 53.8 Å². The Bertz CT molecular complexity index is 591. The number of carbonyl (C=O) groups excluding carboxylic acids is 1. The van der Waals surface area contributed by atoms with Crippen molar-refractivity contribution in [2.75, 3.05) is 0 Å². The Balaban J connectivity index is 2.55. The van der Waals surface area contributed by atoms with E-state index in [2.05, 4.69) is 0 Å². The van der Waals surface area contributed by atoms with Gasteiger partial charge >= 0.3 is 0 Å². The van der Waals surface area contributed by atoms with Gasteiger partial charge in [0.1, 0.15) is 11.6 Å². The molecule has 2 rings (SSSR count). The van der Waals surface area contributed by atoms with Crippen LogP contribution in [0.2, 0.25) is 0 Å². The number of aldehydes is 1. The van der Waals surface area contributed by atoms with Crippen LogP contribution in [-0.2, 0) is 0 Å². The van der Waals surface area contributed by atoms with Crippen molar-refractivity contribution in [3.63, 3.8) is 0 Å². The maximum Gasteiger partial charge on any atom is 0.150 e. The molecule has 0 atom stereocenters. The fourth-order valence-electron chi connectivity index (χ4n) is 1.92. The molecule has 2 nitrogen and oxygen atoms in total. The number of ether oxygens (including phenoxy) is 1. The van der Waals surface area contributed by atoms with Gasteiger partial charge in [-0.2, -0.15) is 0 Å². The summed E-state index contributed by atoms with van der Waals surface area (Å²) < 4.78 is 18.9. The summed E-state index contributed by atoms with van der Waals surface area (Å²) in [7, 11) is 0. The van der Waals surface area contributed by atoms with Crippen molar-refractivity contribution in [1.29, 1.82) is 0 Å². The highest BCUT2D eigenvalue weighted by atomic mass is 19.1. The Morgan fingerprint density at radius 2 is 1.84 bits per heavy atom. The monoisotopic (exact) mass is 258 g/mol. The largest absolute Gasteiger partial charge is 0.490 e. The number of halogens is 1. The van der Waals surface area contributed by atoms with E-state index < -0.39 is 5.82 Å². The lowest BCUT2D eigenvalue weighted by molar-refractivity contribution is 0.112. The number of rotatable bonds is 4. The van der Waals surface area contributed by atoms with E-state index in [0.29, 0.717) is 23.2 Å². The highest BCUT2D eigenvalue weighted by molar-refractivity contribution is 5.89. The van der Waals surface area contributed by atoms with E-state index in [1.165, 1.54) is 12.1 Å². The molecule has 0 aromatic heterocycles. The lowest BCUT2D eigenvalue weighted by atomic mass is 9.99. The lowest BCUT2D eigenvalue weighted by Gasteiger charge is -2.15. The number of carbonyl (C=O) groups is 1. The Morgan fingerprint density at radius 3 is 2.53 bits per heavy atom. The molecule has 0 aliphatic heterocycles. The fourth-order valence-corrected chi connectivity index (χ4v) is 1.92. The van der Waals surface area contributed by atoms with Crippen LogP contribution in [0.1, 0.15) is 24.2 Å². The van der Waals surface area contributed by atoms with Gasteiger partial charge in [-0.15, -0.1) is 0 Å². The van der Waals surface area contributed by atoms with Gasteiger partial charge in [-0.05, 0) is 37.6 Å². The van der Waals surface area contributed by atoms with Crippen molar-refractivity contribution in [2.24, 2.45) is 0 Å². The van der Waals surface area contributed by atoms with E-state index in [0.717, 1.165) is 5.56 Å². The SMILES string of the molecule is CC(C)Oc1ccccc1-c1ccc(F)cc1C=O. The van der Waals surface area contributed by atoms with Crippen LogP contribution < -0.4 is 4.74 Å². The van der Waals surface area contributed by atoms with Crippen LogP contribution in [0, 0.1) is 5.82 Å². The Hall–Kier alpha value is -2.16. The van der Waals surface area contributed by atoms with Gasteiger partial charge in [0, 0.05) is 11.1 Å². The average Bonchev–Trinajstić information content (AvgIpc) is 2.39. The van der Waals surface area contributed by atoms with Crippen LogP contribution in [0.5, 0.6) is 5.75 Å². The molecule has 19 heavy (non-hydrogen) atoms. The van der Waals surface area contributed by atoms with Crippen LogP contribution in [-0.4, -0.2) is 12.4 Å². The van der Waals surface area contributed by atoms with E-state index in [1.54, 1.807) is 6.07 Å². The molecule has 0 spiro atoms. The van der Waals surface area contributed by atoms with Gasteiger partial charge < -0.3 is 4.74 Å². The van der Waals surface area contributed by atoms with Gasteiger partial charge in [0.25, 0.3) is 0 Å². The van der Waals surface area contributed by atoms with Crippen LogP contribution in [0.4, 0.5) is 4.39 Å². The quantitative estimate of drug-likeness (QED) is 0.772. The first-order valence-corrected chi connectivity index (χ1v) is 6.12. The van der Waals surface area contributed by atoms with Gasteiger partial charge in [0.05, 0.1) is 6.10 Å². The molecule has 0 radical (unpaired) electrons. The first-order valence-electron chi connectivity index (χ1n) is 6.12. The van der Waals surface area contributed by atoms with Crippen LogP contribution in [0.25, 0.3) is 11.1 Å². The van der Waals surface area contributed by atoms with Crippen molar-refractivity contribution in [1.82, 2.24) is 0 Å². The van der Waals surface area contributed by atoms with Crippen LogP contribution in [0.3, 0.4) is 0 Å². The third kappa shape index (κ3) is 2.99. The van der Waals surface area contributed by atoms with E-state index in [9.17, 15) is 9.18 Å². The number of hydrogen-bond donors (Lipinski definition) is 0. The zero-order chi connectivity index (χ0) is 13.8. The maximum absolute atomic E-state index is 13.2. The van der Waals surface area contributed by atoms with E-state index in [-0.39, 0.29) is 6.10 Å². The minimum absolute atomic E-state index is 0.0290. The van der Waals surface area contributed by atoms with Crippen LogP contribution >= 0.6 is 0 Å². The molecule has 0 aliphatic rings. The average molecular weight is 258 g/mol. The predicted molar refractivity (Wildman–Crippen MR) is 73.0 cm³/mol. The molecule has 0 N–H and O–H groups in total. The minimum atomic E-state index is -0.423. The normalized spacial score (nSPS) is 10.5. The zero-order valence-corrected chi connectivity index (χ0v) is 10.9. The molecule has 0 aliphatic carbocycles. The summed E-state index contributed by atoms with van der Waals surface area (Å²) >= 11 is 0. The molecule has 0 amide bonds. The number of para-hydroxylation sites is 1. The number of benzene rings is 2. The molecule has 0 bridgehead atoms. The highest BCUT2D eigenvalue weighted by Gasteiger charge is 2.11. The van der Waals surface area contributed by atoms with E-state index in [4.69, 9.17) is 4.74 Å². The summed E-state index contributed by atoms with van der Waals surface area (Å²) in [5, 5.41) is 0. The predicted octanol–water partition coefficient (Wildman–Crippen LogP) is 4.09. The molecule has 0 saturated heterocycles. The van der Waals surface area contributed by atoms with Crippen molar-refractivity contribution < 1.29 is 13.9 Å². The summed E-state index contributed by atoms with van der Waals surface area (Å²) in [5.74, 6) is 0.264. The number of hydrogen-bond acceptors (Lipinski definition) is 2. The molecule has 2 aromatic carbocycles. The second-order valence-corrected chi connectivity index (χ2v) is 4.51. The Labute approximate surface area is 111 Å². The molecule has 2 aromatic rings. The fraction of sp³-hybridized carbons (Fsp3) is 0.188. The second kappa shape index (κ2) is 5.65. The molecular formula is C16H15FO2. The molecule has 98 valence electrons. The van der Waals surface area contributed by atoms with Crippen molar-refractivity contribution in [3.8, 4) is 16.9 Å². The van der Waals surface area contributed by atoms with Gasteiger partial charge in [-0.25, -0.2) is 4.39 Å². The van der Waals surface area contributed by atoms with Gasteiger partial charge in [-0.1, -0.05) is 24.3 Å². The summed E-state index contributed by atoms with van der Waals surface area (Å²) in [6.45, 7) is 3.87. The third-order valence-electron chi connectivity index (χ3n) is 2.68. The lowest BCUT2D eigenvalue weighted by Crippen LogP contribution is -2.06. The van der Waals surface area contributed by atoms with E-state index >= 15 is 0 Å². The first-order chi connectivity index (χ1) is 9.11. The van der Waals surface area contributed by atoms with Gasteiger partial charge in [0.2, 0.25) is 0 Å². The summed E-state index contributed by atoms with van der Waals surface area (Å²) in [4.78, 5) is 11.1. The molecule has 3 heteroatoms. The summed E-state index contributed by atoms with van der Waals surface area (Å²) in [5.41, 5.74) is 1.78.